The van der Waals surface area contributed by atoms with E-state index in [1.807, 2.05) is 62.4 Å². The predicted octanol–water partition coefficient (Wildman–Crippen LogP) is 4.81. The number of carbonyl (C=O) groups is 2. The molecule has 2 N–H and O–H groups in total. The average Bonchev–Trinajstić information content (AvgIpc) is 3.07. The van der Waals surface area contributed by atoms with E-state index in [4.69, 9.17) is 16.3 Å². The maximum absolute atomic E-state index is 12.5. The molecule has 29 heavy (non-hydrogen) atoms. The largest absolute Gasteiger partial charge is 0.497 e. The molecule has 1 unspecified atom stereocenters. The number of hydrogen-bond acceptors (Lipinski definition) is 4. The van der Waals surface area contributed by atoms with Crippen LogP contribution in [-0.4, -0.2) is 25.5 Å². The van der Waals surface area contributed by atoms with Gasteiger partial charge in [-0.2, -0.15) is 0 Å². The molecule has 3 aromatic rings. The molecule has 152 valence electrons. The molecule has 1 heterocycles. The summed E-state index contributed by atoms with van der Waals surface area (Å²) in [6.07, 6.45) is 0. The van der Waals surface area contributed by atoms with Gasteiger partial charge in [-0.05, 0) is 29.7 Å². The van der Waals surface area contributed by atoms with Gasteiger partial charge in [-0.1, -0.05) is 55.8 Å². The molecule has 1 aromatic heterocycles. The van der Waals surface area contributed by atoms with Gasteiger partial charge in [-0.3, -0.25) is 9.59 Å². The van der Waals surface area contributed by atoms with Crippen molar-refractivity contribution in [1.82, 2.24) is 10.6 Å². The highest BCUT2D eigenvalue weighted by molar-refractivity contribution is 7.21. The van der Waals surface area contributed by atoms with E-state index in [1.54, 1.807) is 7.11 Å². The number of nitrogens with one attached hydrogen (secondary N) is 2. The van der Waals surface area contributed by atoms with Crippen molar-refractivity contribution in [3.63, 3.8) is 0 Å². The van der Waals surface area contributed by atoms with Crippen molar-refractivity contribution in [1.29, 1.82) is 0 Å². The van der Waals surface area contributed by atoms with Crippen molar-refractivity contribution in [2.75, 3.05) is 13.7 Å². The number of rotatable bonds is 7. The SMILES string of the molecule is COc1ccc(C(NC(=O)CNC(=O)c2sc3ccccc3c2Cl)C(C)C)cc1. The van der Waals surface area contributed by atoms with Gasteiger partial charge in [0.25, 0.3) is 5.91 Å². The van der Waals surface area contributed by atoms with Gasteiger partial charge in [0.05, 0.1) is 24.7 Å². The van der Waals surface area contributed by atoms with Crippen molar-refractivity contribution < 1.29 is 14.3 Å². The average molecular weight is 431 g/mol. The molecule has 0 saturated carbocycles. The summed E-state index contributed by atoms with van der Waals surface area (Å²) in [5, 5.41) is 6.92. The lowest BCUT2D eigenvalue weighted by molar-refractivity contribution is -0.121. The fraction of sp³-hybridized carbons (Fsp3) is 0.273. The summed E-state index contributed by atoms with van der Waals surface area (Å²) in [7, 11) is 1.61. The monoisotopic (exact) mass is 430 g/mol. The number of thiophene rings is 1. The number of methoxy groups -OCH3 is 1. The summed E-state index contributed by atoms with van der Waals surface area (Å²) in [5.41, 5.74) is 0.980. The van der Waals surface area contributed by atoms with Gasteiger partial charge >= 0.3 is 0 Å². The molecular weight excluding hydrogens is 408 g/mol. The highest BCUT2D eigenvalue weighted by Crippen LogP contribution is 2.35. The van der Waals surface area contributed by atoms with E-state index in [-0.39, 0.29) is 30.3 Å². The van der Waals surface area contributed by atoms with Crippen molar-refractivity contribution in [2.24, 2.45) is 5.92 Å². The third-order valence-electron chi connectivity index (χ3n) is 4.61. The first-order valence-electron chi connectivity index (χ1n) is 9.29. The Balaban J connectivity index is 1.63. The fourth-order valence-electron chi connectivity index (χ4n) is 3.07. The van der Waals surface area contributed by atoms with Gasteiger partial charge in [0.2, 0.25) is 5.91 Å². The lowest BCUT2D eigenvalue weighted by Gasteiger charge is -2.23. The minimum absolute atomic E-state index is 0.122. The van der Waals surface area contributed by atoms with E-state index in [9.17, 15) is 9.59 Å². The van der Waals surface area contributed by atoms with Gasteiger partial charge in [0, 0.05) is 10.1 Å². The zero-order valence-corrected chi connectivity index (χ0v) is 18.1. The Morgan fingerprint density at radius 3 is 2.41 bits per heavy atom. The molecule has 0 saturated heterocycles. The molecule has 2 amide bonds. The Bertz CT molecular complexity index is 1010. The number of ether oxygens (including phenoxy) is 1. The van der Waals surface area contributed by atoms with E-state index >= 15 is 0 Å². The van der Waals surface area contributed by atoms with Crippen molar-refractivity contribution in [3.05, 3.63) is 64.0 Å². The van der Waals surface area contributed by atoms with Crippen LogP contribution in [-0.2, 0) is 4.79 Å². The summed E-state index contributed by atoms with van der Waals surface area (Å²) in [6, 6.07) is 15.0. The van der Waals surface area contributed by atoms with Crippen LogP contribution in [0.1, 0.15) is 35.1 Å². The number of halogens is 1. The summed E-state index contributed by atoms with van der Waals surface area (Å²) in [4.78, 5) is 25.4. The molecule has 7 heteroatoms. The Kier molecular flexibility index (Phi) is 6.77. The lowest BCUT2D eigenvalue weighted by atomic mass is 9.96. The van der Waals surface area contributed by atoms with Crippen LogP contribution in [0.25, 0.3) is 10.1 Å². The standard InChI is InChI=1S/C22H23ClN2O3S/c1-13(2)20(14-8-10-15(28-3)11-9-14)25-18(26)12-24-22(27)21-19(23)16-6-4-5-7-17(16)29-21/h4-11,13,20H,12H2,1-3H3,(H,24,27)(H,25,26). The van der Waals surface area contributed by atoms with Crippen LogP contribution in [0.5, 0.6) is 5.75 Å². The van der Waals surface area contributed by atoms with Crippen molar-refractivity contribution >= 4 is 44.8 Å². The van der Waals surface area contributed by atoms with Gasteiger partial charge in [0.15, 0.2) is 0 Å². The Morgan fingerprint density at radius 1 is 1.10 bits per heavy atom. The minimum Gasteiger partial charge on any atom is -0.497 e. The topological polar surface area (TPSA) is 67.4 Å². The second kappa shape index (κ2) is 9.29. The molecule has 0 aliphatic carbocycles. The van der Waals surface area contributed by atoms with E-state index in [0.717, 1.165) is 21.4 Å². The second-order valence-corrected chi connectivity index (χ2v) is 8.42. The first-order chi connectivity index (χ1) is 13.9. The van der Waals surface area contributed by atoms with Gasteiger partial charge < -0.3 is 15.4 Å². The van der Waals surface area contributed by atoms with Crippen molar-refractivity contribution in [2.45, 2.75) is 19.9 Å². The highest BCUT2D eigenvalue weighted by atomic mass is 35.5. The molecular formula is C22H23ClN2O3S. The maximum Gasteiger partial charge on any atom is 0.263 e. The Hall–Kier alpha value is -2.57. The number of fused-ring (bicyclic) bond motifs is 1. The third kappa shape index (κ3) is 4.89. The van der Waals surface area contributed by atoms with E-state index in [2.05, 4.69) is 10.6 Å². The number of amides is 2. The van der Waals surface area contributed by atoms with Gasteiger partial charge in [-0.25, -0.2) is 0 Å². The molecule has 0 spiro atoms. The molecule has 3 rings (SSSR count). The third-order valence-corrected chi connectivity index (χ3v) is 6.28. The van der Waals surface area contributed by atoms with Crippen molar-refractivity contribution in [3.8, 4) is 5.75 Å². The fourth-order valence-corrected chi connectivity index (χ4v) is 4.50. The molecule has 5 nitrogen and oxygen atoms in total. The number of carbonyl (C=O) groups excluding carboxylic acids is 2. The summed E-state index contributed by atoms with van der Waals surface area (Å²) < 4.78 is 6.12. The number of benzene rings is 2. The highest BCUT2D eigenvalue weighted by Gasteiger charge is 2.20. The summed E-state index contributed by atoms with van der Waals surface area (Å²) in [6.45, 7) is 3.94. The first kappa shape index (κ1) is 21.1. The van der Waals surface area contributed by atoms with Crippen LogP contribution >= 0.6 is 22.9 Å². The van der Waals surface area contributed by atoms with Crippen LogP contribution in [0.2, 0.25) is 5.02 Å². The molecule has 0 bridgehead atoms. The summed E-state index contributed by atoms with van der Waals surface area (Å²) >= 11 is 7.65. The Morgan fingerprint density at radius 2 is 1.79 bits per heavy atom. The quantitative estimate of drug-likeness (QED) is 0.565. The van der Waals surface area contributed by atoms with E-state index in [1.165, 1.54) is 11.3 Å². The first-order valence-corrected chi connectivity index (χ1v) is 10.5. The normalized spacial score (nSPS) is 12.0. The second-order valence-electron chi connectivity index (χ2n) is 6.99. The smallest absolute Gasteiger partial charge is 0.263 e. The zero-order chi connectivity index (χ0) is 21.0. The maximum atomic E-state index is 12.5. The molecule has 2 aromatic carbocycles. The zero-order valence-electron chi connectivity index (χ0n) is 16.5. The molecule has 0 aliphatic heterocycles. The van der Waals surface area contributed by atoms with Crippen LogP contribution < -0.4 is 15.4 Å². The molecule has 0 fully saturated rings. The van der Waals surface area contributed by atoms with Gasteiger partial charge in [0.1, 0.15) is 10.6 Å². The summed E-state index contributed by atoms with van der Waals surface area (Å²) in [5.74, 6) is 0.331. The van der Waals surface area contributed by atoms with Crippen LogP contribution in [0.4, 0.5) is 0 Å². The Labute approximate surface area is 179 Å². The van der Waals surface area contributed by atoms with Gasteiger partial charge in [-0.15, -0.1) is 11.3 Å². The lowest BCUT2D eigenvalue weighted by Crippen LogP contribution is -2.40. The van der Waals surface area contributed by atoms with E-state index in [0.29, 0.717) is 9.90 Å². The molecule has 1 atom stereocenters. The van der Waals surface area contributed by atoms with Crippen LogP contribution in [0, 0.1) is 5.92 Å². The minimum atomic E-state index is -0.350. The molecule has 0 aliphatic rings. The predicted molar refractivity (Wildman–Crippen MR) is 118 cm³/mol. The van der Waals surface area contributed by atoms with E-state index < -0.39 is 0 Å². The van der Waals surface area contributed by atoms with Crippen LogP contribution in [0.3, 0.4) is 0 Å². The number of hydrogen-bond donors (Lipinski definition) is 2. The molecule has 0 radical (unpaired) electrons. The van der Waals surface area contributed by atoms with Crippen LogP contribution in [0.15, 0.2) is 48.5 Å².